The lowest BCUT2D eigenvalue weighted by Gasteiger charge is -2.42. The first-order chi connectivity index (χ1) is 17.5. The summed E-state index contributed by atoms with van der Waals surface area (Å²) < 4.78 is 0. The van der Waals surface area contributed by atoms with Crippen molar-refractivity contribution in [2.24, 2.45) is 4.99 Å². The van der Waals surface area contributed by atoms with E-state index in [1.165, 1.54) is 5.57 Å². The average Bonchev–Trinajstić information content (AvgIpc) is 3.29. The van der Waals surface area contributed by atoms with E-state index >= 15 is 0 Å². The highest BCUT2D eigenvalue weighted by Crippen LogP contribution is 2.50. The Morgan fingerprint density at radius 1 is 0.889 bits per heavy atom. The number of fused-ring (bicyclic) bond motifs is 1. The Labute approximate surface area is 230 Å². The van der Waals surface area contributed by atoms with Crippen molar-refractivity contribution in [1.29, 1.82) is 0 Å². The van der Waals surface area contributed by atoms with Gasteiger partial charge in [0, 0.05) is 33.6 Å². The summed E-state index contributed by atoms with van der Waals surface area (Å²) in [5.74, 6) is 0. The minimum atomic E-state index is -0.0875. The van der Waals surface area contributed by atoms with Crippen LogP contribution in [0.2, 0.25) is 15.1 Å². The zero-order chi connectivity index (χ0) is 24.8. The van der Waals surface area contributed by atoms with Crippen LogP contribution in [0.4, 0.5) is 0 Å². The quantitative estimate of drug-likeness (QED) is 0.326. The standard InChI is InChI=1S/C29H22Cl3N3S/c1-34-15-20(14-19-6-2-4-8-24(19)31)27-23(16-34)28(22-7-3-5-9-25(22)32)35-26(17-36-29(35)33-27)18-10-12-21(30)13-11-18/h2-14,17,28H,15-16H2,1H3. The summed E-state index contributed by atoms with van der Waals surface area (Å²) in [6, 6.07) is 23.9. The summed E-state index contributed by atoms with van der Waals surface area (Å²) in [5, 5.41) is 5.31. The number of hydrogen-bond acceptors (Lipinski definition) is 4. The second-order valence-corrected chi connectivity index (χ2v) is 11.1. The molecule has 1 atom stereocenters. The van der Waals surface area contributed by atoms with Gasteiger partial charge >= 0.3 is 0 Å². The van der Waals surface area contributed by atoms with Crippen molar-refractivity contribution < 1.29 is 0 Å². The van der Waals surface area contributed by atoms with Gasteiger partial charge in [-0.1, -0.05) is 95.1 Å². The van der Waals surface area contributed by atoms with E-state index in [0.717, 1.165) is 62.0 Å². The van der Waals surface area contributed by atoms with Gasteiger partial charge < -0.3 is 4.90 Å². The zero-order valence-corrected chi connectivity index (χ0v) is 22.5. The molecule has 3 aromatic rings. The summed E-state index contributed by atoms with van der Waals surface area (Å²) in [6.45, 7) is 1.58. The number of nitrogens with zero attached hydrogens (tertiary/aromatic N) is 3. The van der Waals surface area contributed by atoms with Crippen LogP contribution in [-0.2, 0) is 0 Å². The van der Waals surface area contributed by atoms with Crippen LogP contribution in [0.3, 0.4) is 0 Å². The molecule has 3 nitrogen and oxygen atoms in total. The SMILES string of the molecule is CN1CC(=Cc2ccccc2Cl)C2=C(C1)C(c1ccccc1Cl)N1C(c3ccc(Cl)cc3)=CSC1=N2. The number of benzene rings is 3. The first-order valence-electron chi connectivity index (χ1n) is 11.6. The van der Waals surface area contributed by atoms with Crippen molar-refractivity contribution in [3.8, 4) is 0 Å². The fourth-order valence-corrected chi connectivity index (χ4v) is 6.49. The van der Waals surface area contributed by atoms with Crippen LogP contribution in [-0.4, -0.2) is 35.1 Å². The van der Waals surface area contributed by atoms with E-state index in [9.17, 15) is 0 Å². The monoisotopic (exact) mass is 549 g/mol. The maximum atomic E-state index is 6.84. The molecule has 180 valence electrons. The predicted octanol–water partition coefficient (Wildman–Crippen LogP) is 8.39. The van der Waals surface area contributed by atoms with Crippen molar-refractivity contribution in [1.82, 2.24) is 9.80 Å². The molecule has 0 bridgehead atoms. The lowest BCUT2D eigenvalue weighted by molar-refractivity contribution is 0.344. The van der Waals surface area contributed by atoms with Gasteiger partial charge in [0.2, 0.25) is 0 Å². The third-order valence-corrected chi connectivity index (χ3v) is 8.38. The number of rotatable bonds is 3. The van der Waals surface area contributed by atoms with Crippen molar-refractivity contribution in [3.63, 3.8) is 0 Å². The van der Waals surface area contributed by atoms with Gasteiger partial charge in [0.1, 0.15) is 0 Å². The van der Waals surface area contributed by atoms with Crippen LogP contribution in [0.15, 0.2) is 100 Å². The van der Waals surface area contributed by atoms with Crippen LogP contribution in [0, 0.1) is 0 Å². The van der Waals surface area contributed by atoms with E-state index in [4.69, 9.17) is 39.8 Å². The summed E-state index contributed by atoms with van der Waals surface area (Å²) in [4.78, 5) is 9.87. The van der Waals surface area contributed by atoms with E-state index < -0.39 is 0 Å². The molecular formula is C29H22Cl3N3S. The van der Waals surface area contributed by atoms with Gasteiger partial charge in [-0.25, -0.2) is 4.99 Å². The predicted molar refractivity (Wildman–Crippen MR) is 154 cm³/mol. The van der Waals surface area contributed by atoms with Gasteiger partial charge in [-0.15, -0.1) is 0 Å². The average molecular weight is 551 g/mol. The minimum absolute atomic E-state index is 0.0875. The first-order valence-corrected chi connectivity index (χ1v) is 13.6. The molecular weight excluding hydrogens is 529 g/mol. The minimum Gasteiger partial charge on any atom is -0.308 e. The number of thioether (sulfide) groups is 1. The Hall–Kier alpha value is -2.47. The maximum absolute atomic E-state index is 6.84. The topological polar surface area (TPSA) is 18.8 Å². The highest BCUT2D eigenvalue weighted by Gasteiger charge is 2.41. The van der Waals surface area contributed by atoms with Crippen molar-refractivity contribution in [2.45, 2.75) is 6.04 Å². The van der Waals surface area contributed by atoms with Gasteiger partial charge in [0.05, 0.1) is 17.4 Å². The second-order valence-electron chi connectivity index (χ2n) is 9.05. The molecule has 0 fully saturated rings. The van der Waals surface area contributed by atoms with Crippen LogP contribution in [0.5, 0.6) is 0 Å². The zero-order valence-electron chi connectivity index (χ0n) is 19.5. The molecule has 3 aliphatic rings. The number of halogens is 3. The second kappa shape index (κ2) is 9.77. The third kappa shape index (κ3) is 4.31. The molecule has 7 heteroatoms. The van der Waals surface area contributed by atoms with Gasteiger partial charge in [-0.05, 0) is 65.2 Å². The molecule has 0 aromatic heterocycles. The number of amidine groups is 1. The molecule has 0 amide bonds. The molecule has 0 aliphatic carbocycles. The van der Waals surface area contributed by atoms with Gasteiger partial charge in [0.15, 0.2) is 5.17 Å². The number of hydrogen-bond donors (Lipinski definition) is 0. The molecule has 0 N–H and O–H groups in total. The van der Waals surface area contributed by atoms with Crippen molar-refractivity contribution >= 4 is 63.5 Å². The van der Waals surface area contributed by atoms with Crippen LogP contribution >= 0.6 is 46.6 Å². The number of likely N-dealkylation sites (N-methyl/N-ethyl adjacent to an activating group) is 1. The van der Waals surface area contributed by atoms with E-state index in [0.29, 0.717) is 5.02 Å². The van der Waals surface area contributed by atoms with Crippen LogP contribution in [0.25, 0.3) is 11.8 Å². The summed E-state index contributed by atoms with van der Waals surface area (Å²) >= 11 is 21.2. The third-order valence-electron chi connectivity index (χ3n) is 6.60. The molecule has 0 saturated heterocycles. The van der Waals surface area contributed by atoms with Crippen LogP contribution in [0.1, 0.15) is 22.7 Å². The highest BCUT2D eigenvalue weighted by molar-refractivity contribution is 8.16. The summed E-state index contributed by atoms with van der Waals surface area (Å²) in [7, 11) is 2.14. The molecule has 6 rings (SSSR count). The molecule has 0 spiro atoms. The lowest BCUT2D eigenvalue weighted by Crippen LogP contribution is -2.40. The summed E-state index contributed by atoms with van der Waals surface area (Å²) in [6.07, 6.45) is 2.17. The highest BCUT2D eigenvalue weighted by atomic mass is 35.5. The smallest absolute Gasteiger partial charge is 0.174 e. The van der Waals surface area contributed by atoms with Gasteiger partial charge in [-0.2, -0.15) is 0 Å². The van der Waals surface area contributed by atoms with E-state index in [-0.39, 0.29) is 6.04 Å². The van der Waals surface area contributed by atoms with E-state index in [1.54, 1.807) is 11.8 Å². The molecule has 3 aromatic carbocycles. The van der Waals surface area contributed by atoms with Crippen molar-refractivity contribution in [3.05, 3.63) is 127 Å². The Morgan fingerprint density at radius 3 is 2.36 bits per heavy atom. The Balaban J connectivity index is 1.54. The van der Waals surface area contributed by atoms with Gasteiger partial charge in [-0.3, -0.25) is 4.90 Å². The molecule has 1 unspecified atom stereocenters. The molecule has 3 aliphatic heterocycles. The summed E-state index contributed by atoms with van der Waals surface area (Å²) in [5.41, 5.74) is 7.65. The fraction of sp³-hybridized carbons (Fsp3) is 0.138. The molecule has 0 radical (unpaired) electrons. The number of aliphatic imine (C=N–C) groups is 1. The first kappa shape index (κ1) is 23.9. The lowest BCUT2D eigenvalue weighted by atomic mass is 9.88. The van der Waals surface area contributed by atoms with E-state index in [2.05, 4.69) is 52.6 Å². The molecule has 36 heavy (non-hydrogen) atoms. The Morgan fingerprint density at radius 2 is 1.61 bits per heavy atom. The molecule has 0 saturated carbocycles. The Bertz CT molecular complexity index is 1470. The maximum Gasteiger partial charge on any atom is 0.174 e. The fourth-order valence-electron chi connectivity index (χ4n) is 5.00. The van der Waals surface area contributed by atoms with Crippen molar-refractivity contribution in [2.75, 3.05) is 20.1 Å². The Kier molecular flexibility index (Phi) is 6.49. The largest absolute Gasteiger partial charge is 0.308 e. The normalized spacial score (nSPS) is 20.8. The van der Waals surface area contributed by atoms with Crippen LogP contribution < -0.4 is 0 Å². The van der Waals surface area contributed by atoms with Gasteiger partial charge in [0.25, 0.3) is 0 Å². The van der Waals surface area contributed by atoms with E-state index in [1.807, 2.05) is 48.5 Å². The molecule has 3 heterocycles.